The van der Waals surface area contributed by atoms with Crippen molar-refractivity contribution < 1.29 is 13.2 Å². The van der Waals surface area contributed by atoms with Crippen molar-refractivity contribution in [3.63, 3.8) is 0 Å². The largest absolute Gasteiger partial charge is 0.381 e. The van der Waals surface area contributed by atoms with Crippen LogP contribution in [0, 0.1) is 5.92 Å². The summed E-state index contributed by atoms with van der Waals surface area (Å²) in [5.74, 6) is 1.70. The highest BCUT2D eigenvalue weighted by Gasteiger charge is 2.25. The number of nitrogens with two attached hydrogens (primary N) is 1. The number of aromatic nitrogens is 2. The summed E-state index contributed by atoms with van der Waals surface area (Å²) < 4.78 is 32.0. The van der Waals surface area contributed by atoms with Gasteiger partial charge < -0.3 is 9.30 Å². The number of primary sulfonamides is 1. The second-order valence-corrected chi connectivity index (χ2v) is 13.0. The van der Waals surface area contributed by atoms with Crippen LogP contribution < -0.4 is 5.14 Å². The first-order chi connectivity index (χ1) is 14.1. The van der Waals surface area contributed by atoms with Gasteiger partial charge in [0.05, 0.1) is 15.2 Å². The van der Waals surface area contributed by atoms with Gasteiger partial charge in [-0.2, -0.15) is 0 Å². The van der Waals surface area contributed by atoms with E-state index in [1.54, 1.807) is 12.1 Å². The Morgan fingerprint density at radius 1 is 1.23 bits per heavy atom. The van der Waals surface area contributed by atoms with Crippen LogP contribution in [0.1, 0.15) is 39.4 Å². The summed E-state index contributed by atoms with van der Waals surface area (Å²) >= 11 is 2.72. The van der Waals surface area contributed by atoms with Crippen LogP contribution in [0.2, 0.25) is 0 Å². The minimum absolute atomic E-state index is 0.0599. The Labute approximate surface area is 185 Å². The van der Waals surface area contributed by atoms with Crippen LogP contribution in [0.15, 0.2) is 43.6 Å². The summed E-state index contributed by atoms with van der Waals surface area (Å²) in [4.78, 5) is 6.03. The van der Waals surface area contributed by atoms with E-state index in [9.17, 15) is 8.42 Å². The monoisotopic (exact) mass is 465 g/mol. The standard InChI is InChI=1S/C21H27N3O3S3/c1-21(2,3)20-23-16-12-15(28-18-6-7-19(29-18)30(22,25)26)4-5-17(16)24(20)13-14-8-10-27-11-9-14/h4-7,12,14H,8-11,13H2,1-3H3,(H2,22,25,26). The summed E-state index contributed by atoms with van der Waals surface area (Å²) in [6.45, 7) is 9.23. The first-order valence-corrected chi connectivity index (χ1v) is 13.2. The van der Waals surface area contributed by atoms with Gasteiger partial charge in [-0.05, 0) is 49.1 Å². The number of sulfonamides is 1. The lowest BCUT2D eigenvalue weighted by Crippen LogP contribution is -2.25. The van der Waals surface area contributed by atoms with Gasteiger partial charge in [-0.25, -0.2) is 18.5 Å². The molecule has 30 heavy (non-hydrogen) atoms. The number of benzene rings is 1. The van der Waals surface area contributed by atoms with Gasteiger partial charge in [0.15, 0.2) is 0 Å². The predicted molar refractivity (Wildman–Crippen MR) is 122 cm³/mol. The predicted octanol–water partition coefficient (Wildman–Crippen LogP) is 4.62. The summed E-state index contributed by atoms with van der Waals surface area (Å²) in [5.41, 5.74) is 2.06. The van der Waals surface area contributed by atoms with Gasteiger partial charge in [0.25, 0.3) is 0 Å². The lowest BCUT2D eigenvalue weighted by Gasteiger charge is -2.26. The zero-order valence-electron chi connectivity index (χ0n) is 17.4. The SMILES string of the molecule is CC(C)(C)c1nc2cc(Sc3ccc(S(N)(=O)=O)s3)ccc2n1CC1CCOCC1. The molecule has 0 atom stereocenters. The minimum Gasteiger partial charge on any atom is -0.381 e. The number of ether oxygens (including phenoxy) is 1. The molecule has 0 bridgehead atoms. The van der Waals surface area contributed by atoms with Gasteiger partial charge in [0, 0.05) is 30.1 Å². The average molecular weight is 466 g/mol. The number of fused-ring (bicyclic) bond motifs is 1. The van der Waals surface area contributed by atoms with Crippen molar-refractivity contribution in [2.45, 2.75) is 58.9 Å². The van der Waals surface area contributed by atoms with Gasteiger partial charge in [-0.3, -0.25) is 0 Å². The van der Waals surface area contributed by atoms with Crippen LogP contribution in [0.5, 0.6) is 0 Å². The molecule has 0 radical (unpaired) electrons. The van der Waals surface area contributed by atoms with Crippen molar-refractivity contribution in [3.8, 4) is 0 Å². The molecular weight excluding hydrogens is 438 g/mol. The van der Waals surface area contributed by atoms with Crippen LogP contribution in [0.4, 0.5) is 0 Å². The fourth-order valence-corrected chi connectivity index (χ4v) is 6.76. The lowest BCUT2D eigenvalue weighted by molar-refractivity contribution is 0.0611. The number of thiophene rings is 1. The molecule has 0 amide bonds. The molecule has 1 aromatic carbocycles. The third kappa shape index (κ3) is 4.75. The zero-order chi connectivity index (χ0) is 21.5. The molecule has 1 saturated heterocycles. The third-order valence-corrected chi connectivity index (χ3v) is 8.87. The molecule has 1 aliphatic heterocycles. The van der Waals surface area contributed by atoms with Crippen LogP contribution in [-0.4, -0.2) is 31.2 Å². The Morgan fingerprint density at radius 3 is 2.60 bits per heavy atom. The molecule has 6 nitrogen and oxygen atoms in total. The van der Waals surface area contributed by atoms with Crippen LogP contribution in [-0.2, 0) is 26.7 Å². The van der Waals surface area contributed by atoms with Crippen molar-refractivity contribution in [3.05, 3.63) is 36.2 Å². The normalized spacial score (nSPS) is 16.4. The highest BCUT2D eigenvalue weighted by atomic mass is 32.3. The Balaban J connectivity index is 1.66. The van der Waals surface area contributed by atoms with Crippen LogP contribution in [0.25, 0.3) is 11.0 Å². The van der Waals surface area contributed by atoms with Crippen molar-refractivity contribution >= 4 is 44.2 Å². The van der Waals surface area contributed by atoms with Crippen LogP contribution in [0.3, 0.4) is 0 Å². The first-order valence-electron chi connectivity index (χ1n) is 10.0. The molecule has 1 aliphatic rings. The molecular formula is C21H27N3O3S3. The fraction of sp³-hybridized carbons (Fsp3) is 0.476. The van der Waals surface area contributed by atoms with E-state index < -0.39 is 10.0 Å². The molecule has 0 aliphatic carbocycles. The summed E-state index contributed by atoms with van der Waals surface area (Å²) in [6.07, 6.45) is 2.17. The van der Waals surface area contributed by atoms with E-state index in [0.717, 1.165) is 58.6 Å². The zero-order valence-corrected chi connectivity index (χ0v) is 19.9. The van der Waals surface area contributed by atoms with E-state index in [-0.39, 0.29) is 9.62 Å². The first kappa shape index (κ1) is 21.8. The van der Waals surface area contributed by atoms with E-state index in [4.69, 9.17) is 14.9 Å². The quantitative estimate of drug-likeness (QED) is 0.594. The highest BCUT2D eigenvalue weighted by molar-refractivity contribution is 8.01. The molecule has 3 aromatic rings. The van der Waals surface area contributed by atoms with Crippen molar-refractivity contribution in [2.24, 2.45) is 11.1 Å². The summed E-state index contributed by atoms with van der Waals surface area (Å²) in [5, 5.41) is 5.23. The Bertz CT molecular complexity index is 1150. The maximum Gasteiger partial charge on any atom is 0.247 e. The van der Waals surface area contributed by atoms with Crippen molar-refractivity contribution in [1.29, 1.82) is 0 Å². The molecule has 1 fully saturated rings. The number of hydrogen-bond acceptors (Lipinski definition) is 6. The van der Waals surface area contributed by atoms with E-state index in [1.165, 1.54) is 23.1 Å². The van der Waals surface area contributed by atoms with Gasteiger partial charge in [0.2, 0.25) is 10.0 Å². The average Bonchev–Trinajstić information content (AvgIpc) is 3.27. The number of imidazole rings is 1. The van der Waals surface area contributed by atoms with Gasteiger partial charge in [-0.15, -0.1) is 11.3 Å². The van der Waals surface area contributed by atoms with Crippen LogP contribution >= 0.6 is 23.1 Å². The fourth-order valence-electron chi connectivity index (χ4n) is 3.74. The molecule has 0 unspecified atom stereocenters. The lowest BCUT2D eigenvalue weighted by atomic mass is 9.94. The highest BCUT2D eigenvalue weighted by Crippen LogP contribution is 2.37. The molecule has 4 rings (SSSR count). The number of nitrogens with zero attached hydrogens (tertiary/aromatic N) is 2. The summed E-state index contributed by atoms with van der Waals surface area (Å²) in [6, 6.07) is 9.65. The van der Waals surface area contributed by atoms with Crippen molar-refractivity contribution in [1.82, 2.24) is 9.55 Å². The molecule has 0 spiro atoms. The Morgan fingerprint density at radius 2 is 1.97 bits per heavy atom. The second-order valence-electron chi connectivity index (χ2n) is 8.72. The minimum atomic E-state index is -3.66. The Hall–Kier alpha value is -1.39. The van der Waals surface area contributed by atoms with E-state index in [2.05, 4.69) is 43.5 Å². The maximum atomic E-state index is 11.5. The molecule has 3 heterocycles. The second kappa shape index (κ2) is 8.27. The van der Waals surface area contributed by atoms with Gasteiger partial charge in [-0.1, -0.05) is 32.5 Å². The molecule has 0 saturated carbocycles. The van der Waals surface area contributed by atoms with E-state index >= 15 is 0 Å². The number of rotatable bonds is 5. The molecule has 2 aromatic heterocycles. The Kier molecular flexibility index (Phi) is 6.02. The smallest absolute Gasteiger partial charge is 0.247 e. The van der Waals surface area contributed by atoms with Gasteiger partial charge >= 0.3 is 0 Å². The molecule has 9 heteroatoms. The van der Waals surface area contributed by atoms with E-state index in [0.29, 0.717) is 5.92 Å². The number of hydrogen-bond donors (Lipinski definition) is 1. The summed E-state index contributed by atoms with van der Waals surface area (Å²) in [7, 11) is -3.66. The topological polar surface area (TPSA) is 87.2 Å². The van der Waals surface area contributed by atoms with E-state index in [1.807, 2.05) is 0 Å². The molecule has 2 N–H and O–H groups in total. The molecule has 162 valence electrons. The maximum absolute atomic E-state index is 11.5. The third-order valence-electron chi connectivity index (χ3n) is 5.23. The van der Waals surface area contributed by atoms with Gasteiger partial charge in [0.1, 0.15) is 10.0 Å². The van der Waals surface area contributed by atoms with Crippen molar-refractivity contribution in [2.75, 3.05) is 13.2 Å².